The molecule has 0 radical (unpaired) electrons. The Labute approximate surface area is 102 Å². The van der Waals surface area contributed by atoms with Crippen LogP contribution in [-0.4, -0.2) is 23.5 Å². The Hall–Kier alpha value is -1.06. The standard InChI is InChI=1S/C13H21NO3/c1-13(2)9(10(13)12(16)17)11(15)14-7-8-5-3-4-6-8/h8-10H,3-7H2,1-2H3,(H,14,15)(H,16,17)/t9-,10+/m1/s1. The van der Waals surface area contributed by atoms with Gasteiger partial charge in [0.05, 0.1) is 11.8 Å². The summed E-state index contributed by atoms with van der Waals surface area (Å²) in [7, 11) is 0. The highest BCUT2D eigenvalue weighted by Crippen LogP contribution is 2.58. The number of aliphatic carboxylic acids is 1. The van der Waals surface area contributed by atoms with Gasteiger partial charge in [0.2, 0.25) is 5.91 Å². The molecular weight excluding hydrogens is 218 g/mol. The zero-order valence-corrected chi connectivity index (χ0v) is 10.5. The quantitative estimate of drug-likeness (QED) is 0.784. The lowest BCUT2D eigenvalue weighted by Gasteiger charge is -2.10. The van der Waals surface area contributed by atoms with Crippen LogP contribution in [0, 0.1) is 23.2 Å². The third-order valence-corrected chi connectivity index (χ3v) is 4.42. The van der Waals surface area contributed by atoms with E-state index >= 15 is 0 Å². The van der Waals surface area contributed by atoms with E-state index in [-0.39, 0.29) is 17.2 Å². The Morgan fingerprint density at radius 1 is 1.24 bits per heavy atom. The summed E-state index contributed by atoms with van der Waals surface area (Å²) in [6, 6.07) is 0. The van der Waals surface area contributed by atoms with Crippen LogP contribution in [0.25, 0.3) is 0 Å². The van der Waals surface area contributed by atoms with Gasteiger partial charge in [-0.1, -0.05) is 26.7 Å². The van der Waals surface area contributed by atoms with Gasteiger partial charge in [0.1, 0.15) is 0 Å². The van der Waals surface area contributed by atoms with Crippen molar-refractivity contribution in [1.82, 2.24) is 5.32 Å². The van der Waals surface area contributed by atoms with Crippen molar-refractivity contribution >= 4 is 11.9 Å². The van der Waals surface area contributed by atoms with Crippen molar-refractivity contribution in [3.8, 4) is 0 Å². The molecule has 2 N–H and O–H groups in total. The molecule has 0 saturated heterocycles. The molecular formula is C13H21NO3. The smallest absolute Gasteiger partial charge is 0.307 e. The maximum Gasteiger partial charge on any atom is 0.307 e. The molecule has 0 bridgehead atoms. The summed E-state index contributed by atoms with van der Waals surface area (Å²) in [5.74, 6) is -1.18. The molecule has 96 valence electrons. The molecule has 0 aromatic carbocycles. The normalized spacial score (nSPS) is 31.2. The van der Waals surface area contributed by atoms with Crippen LogP contribution in [0.3, 0.4) is 0 Å². The highest BCUT2D eigenvalue weighted by Gasteiger charge is 2.65. The van der Waals surface area contributed by atoms with Gasteiger partial charge >= 0.3 is 5.97 Å². The van der Waals surface area contributed by atoms with E-state index in [1.165, 1.54) is 25.7 Å². The molecule has 2 aliphatic rings. The van der Waals surface area contributed by atoms with Crippen LogP contribution in [0.4, 0.5) is 0 Å². The Balaban J connectivity index is 1.82. The van der Waals surface area contributed by atoms with Crippen LogP contribution in [0.5, 0.6) is 0 Å². The summed E-state index contributed by atoms with van der Waals surface area (Å²) in [5, 5.41) is 11.9. The van der Waals surface area contributed by atoms with Gasteiger partial charge in [-0.25, -0.2) is 0 Å². The van der Waals surface area contributed by atoms with Gasteiger partial charge in [-0.05, 0) is 24.2 Å². The second-order valence-electron chi connectivity index (χ2n) is 6.01. The maximum absolute atomic E-state index is 11.9. The van der Waals surface area contributed by atoms with E-state index in [0.717, 1.165) is 6.54 Å². The fourth-order valence-electron chi connectivity index (χ4n) is 3.16. The Morgan fingerprint density at radius 2 is 1.82 bits per heavy atom. The number of hydrogen-bond donors (Lipinski definition) is 2. The van der Waals surface area contributed by atoms with Gasteiger partial charge < -0.3 is 10.4 Å². The largest absolute Gasteiger partial charge is 0.481 e. The van der Waals surface area contributed by atoms with E-state index in [1.807, 2.05) is 13.8 Å². The average molecular weight is 239 g/mol. The molecule has 0 unspecified atom stereocenters. The Kier molecular flexibility index (Phi) is 3.15. The Morgan fingerprint density at radius 3 is 2.29 bits per heavy atom. The molecule has 1 amide bonds. The molecule has 2 saturated carbocycles. The van der Waals surface area contributed by atoms with Gasteiger partial charge in [-0.2, -0.15) is 0 Å². The molecule has 17 heavy (non-hydrogen) atoms. The molecule has 0 aromatic rings. The minimum Gasteiger partial charge on any atom is -0.481 e. The predicted molar refractivity (Wildman–Crippen MR) is 63.4 cm³/mol. The highest BCUT2D eigenvalue weighted by atomic mass is 16.4. The van der Waals surface area contributed by atoms with E-state index in [1.54, 1.807) is 0 Å². The van der Waals surface area contributed by atoms with E-state index in [2.05, 4.69) is 5.32 Å². The van der Waals surface area contributed by atoms with Gasteiger partial charge in [-0.15, -0.1) is 0 Å². The van der Waals surface area contributed by atoms with Crippen molar-refractivity contribution in [3.63, 3.8) is 0 Å². The molecule has 2 rings (SSSR count). The molecule has 2 atom stereocenters. The second-order valence-corrected chi connectivity index (χ2v) is 6.01. The lowest BCUT2D eigenvalue weighted by molar-refractivity contribution is -0.140. The van der Waals surface area contributed by atoms with Crippen molar-refractivity contribution in [2.75, 3.05) is 6.54 Å². The van der Waals surface area contributed by atoms with Crippen LogP contribution in [0.15, 0.2) is 0 Å². The number of nitrogens with one attached hydrogen (secondary N) is 1. The first-order valence-corrected chi connectivity index (χ1v) is 6.45. The molecule has 2 fully saturated rings. The van der Waals surface area contributed by atoms with Gasteiger partial charge in [0, 0.05) is 6.54 Å². The summed E-state index contributed by atoms with van der Waals surface area (Å²) in [5.41, 5.74) is -0.383. The number of rotatable bonds is 4. The summed E-state index contributed by atoms with van der Waals surface area (Å²) in [4.78, 5) is 22.9. The topological polar surface area (TPSA) is 66.4 Å². The van der Waals surface area contributed by atoms with Crippen LogP contribution < -0.4 is 5.32 Å². The molecule has 0 aromatic heterocycles. The van der Waals surface area contributed by atoms with E-state index in [0.29, 0.717) is 5.92 Å². The van der Waals surface area contributed by atoms with E-state index in [4.69, 9.17) is 5.11 Å². The highest BCUT2D eigenvalue weighted by molar-refractivity contribution is 5.91. The van der Waals surface area contributed by atoms with E-state index in [9.17, 15) is 9.59 Å². The third kappa shape index (κ3) is 2.31. The zero-order chi connectivity index (χ0) is 12.6. The molecule has 2 aliphatic carbocycles. The lowest BCUT2D eigenvalue weighted by atomic mass is 10.1. The number of carbonyl (C=O) groups is 2. The van der Waals surface area contributed by atoms with Crippen molar-refractivity contribution in [3.05, 3.63) is 0 Å². The number of amides is 1. The van der Waals surface area contributed by atoms with Crippen molar-refractivity contribution in [1.29, 1.82) is 0 Å². The number of carboxylic acid groups (broad SMARTS) is 1. The molecule has 4 heteroatoms. The summed E-state index contributed by atoms with van der Waals surface area (Å²) in [6.45, 7) is 4.43. The molecule has 0 spiro atoms. The number of hydrogen-bond acceptors (Lipinski definition) is 2. The minimum atomic E-state index is -0.851. The first kappa shape index (κ1) is 12.4. The van der Waals surface area contributed by atoms with Gasteiger partial charge in [0.15, 0.2) is 0 Å². The SMILES string of the molecule is CC1(C)[C@H](C(=O)O)[C@@H]1C(=O)NCC1CCCC1. The molecule has 0 aliphatic heterocycles. The first-order valence-electron chi connectivity index (χ1n) is 6.45. The van der Waals surface area contributed by atoms with Crippen LogP contribution in [-0.2, 0) is 9.59 Å². The number of carbonyl (C=O) groups excluding carboxylic acids is 1. The lowest BCUT2D eigenvalue weighted by Crippen LogP contribution is -2.31. The Bertz CT molecular complexity index is 332. The number of carboxylic acids is 1. The van der Waals surface area contributed by atoms with Crippen molar-refractivity contribution < 1.29 is 14.7 Å². The summed E-state index contributed by atoms with van der Waals surface area (Å²) in [6.07, 6.45) is 4.90. The minimum absolute atomic E-state index is 0.0747. The predicted octanol–water partition coefficient (Wildman–Crippen LogP) is 1.65. The summed E-state index contributed by atoms with van der Waals surface area (Å²) < 4.78 is 0. The van der Waals surface area contributed by atoms with Crippen molar-refractivity contribution in [2.24, 2.45) is 23.2 Å². The maximum atomic E-state index is 11.9. The van der Waals surface area contributed by atoms with Crippen LogP contribution in [0.1, 0.15) is 39.5 Å². The second kappa shape index (κ2) is 4.31. The zero-order valence-electron chi connectivity index (χ0n) is 10.5. The first-order chi connectivity index (χ1) is 7.94. The van der Waals surface area contributed by atoms with Gasteiger partial charge in [-0.3, -0.25) is 9.59 Å². The van der Waals surface area contributed by atoms with E-state index < -0.39 is 11.9 Å². The third-order valence-electron chi connectivity index (χ3n) is 4.42. The monoisotopic (exact) mass is 239 g/mol. The molecule has 0 heterocycles. The van der Waals surface area contributed by atoms with Crippen LogP contribution in [0.2, 0.25) is 0 Å². The van der Waals surface area contributed by atoms with Crippen LogP contribution >= 0.6 is 0 Å². The molecule has 4 nitrogen and oxygen atoms in total. The van der Waals surface area contributed by atoms with Gasteiger partial charge in [0.25, 0.3) is 0 Å². The summed E-state index contributed by atoms with van der Waals surface area (Å²) >= 11 is 0. The fourth-order valence-corrected chi connectivity index (χ4v) is 3.16. The van der Waals surface area contributed by atoms with Crippen molar-refractivity contribution in [2.45, 2.75) is 39.5 Å². The average Bonchev–Trinajstić information content (AvgIpc) is 2.65. The fraction of sp³-hybridized carbons (Fsp3) is 0.846.